The molecular weight excluding hydrogens is 364 g/mol. The van der Waals surface area contributed by atoms with Crippen molar-refractivity contribution in [1.29, 1.82) is 0 Å². The normalized spacial score (nSPS) is 11.1. The summed E-state index contributed by atoms with van der Waals surface area (Å²) in [7, 11) is -2.58. The first-order valence-electron chi connectivity index (χ1n) is 7.29. The van der Waals surface area contributed by atoms with Gasteiger partial charge in [-0.1, -0.05) is 23.8 Å². The van der Waals surface area contributed by atoms with Gasteiger partial charge in [0.1, 0.15) is 4.90 Å². The van der Waals surface area contributed by atoms with Crippen LogP contribution in [0.5, 0.6) is 11.5 Å². The lowest BCUT2D eigenvalue weighted by Gasteiger charge is -2.12. The molecule has 0 saturated carbocycles. The third-order valence-electron chi connectivity index (χ3n) is 3.23. The number of carboxylic acids is 1. The Morgan fingerprint density at radius 2 is 1.80 bits per heavy atom. The van der Waals surface area contributed by atoms with Gasteiger partial charge in [-0.05, 0) is 36.8 Å². The number of benzene rings is 2. The molecule has 2 rings (SSSR count). The van der Waals surface area contributed by atoms with Crippen LogP contribution in [0.2, 0.25) is 0 Å². The molecule has 0 saturated heterocycles. The summed E-state index contributed by atoms with van der Waals surface area (Å²) < 4.78 is 35.3. The third-order valence-corrected chi connectivity index (χ3v) is 5.47. The highest BCUT2D eigenvalue weighted by molar-refractivity contribution is 7.99. The number of hydrogen-bond acceptors (Lipinski definition) is 6. The Kier molecular flexibility index (Phi) is 6.33. The van der Waals surface area contributed by atoms with E-state index in [1.807, 2.05) is 6.92 Å². The molecule has 0 aliphatic heterocycles. The Labute approximate surface area is 150 Å². The summed E-state index contributed by atoms with van der Waals surface area (Å²) in [5.41, 5.74) is 1.68. The fourth-order valence-electron chi connectivity index (χ4n) is 2.00. The van der Waals surface area contributed by atoms with Gasteiger partial charge in [-0.2, -0.15) is 8.42 Å². The van der Waals surface area contributed by atoms with Gasteiger partial charge in [-0.15, -0.1) is 11.8 Å². The van der Waals surface area contributed by atoms with Crippen molar-refractivity contribution < 1.29 is 27.2 Å². The second-order valence-electron chi connectivity index (χ2n) is 5.22. The van der Waals surface area contributed by atoms with E-state index in [4.69, 9.17) is 14.0 Å². The van der Waals surface area contributed by atoms with Gasteiger partial charge >= 0.3 is 16.1 Å². The van der Waals surface area contributed by atoms with E-state index in [1.165, 1.54) is 31.0 Å². The zero-order valence-corrected chi connectivity index (χ0v) is 15.4. The summed E-state index contributed by atoms with van der Waals surface area (Å²) in [6.45, 7) is 1.86. The molecule has 134 valence electrons. The van der Waals surface area contributed by atoms with Crippen LogP contribution in [0.1, 0.15) is 11.1 Å². The van der Waals surface area contributed by atoms with Crippen LogP contribution in [0, 0.1) is 6.92 Å². The maximum absolute atomic E-state index is 12.4. The number of thioether (sulfide) groups is 1. The molecule has 2 aromatic rings. The zero-order valence-electron chi connectivity index (χ0n) is 13.8. The summed E-state index contributed by atoms with van der Waals surface area (Å²) >= 11 is 1.21. The van der Waals surface area contributed by atoms with E-state index >= 15 is 0 Å². The van der Waals surface area contributed by atoms with Crippen molar-refractivity contribution in [2.45, 2.75) is 17.6 Å². The molecule has 0 spiro atoms. The van der Waals surface area contributed by atoms with Gasteiger partial charge in [0.05, 0.1) is 12.9 Å². The Hall–Kier alpha value is -2.19. The molecule has 0 aliphatic carbocycles. The molecule has 6 nitrogen and oxygen atoms in total. The topological polar surface area (TPSA) is 89.9 Å². The van der Waals surface area contributed by atoms with E-state index in [9.17, 15) is 13.2 Å². The molecule has 0 unspecified atom stereocenters. The first-order valence-corrected chi connectivity index (χ1v) is 9.86. The van der Waals surface area contributed by atoms with Crippen LogP contribution in [0.25, 0.3) is 0 Å². The zero-order chi connectivity index (χ0) is 18.4. The molecule has 0 radical (unpaired) electrons. The van der Waals surface area contributed by atoms with E-state index in [2.05, 4.69) is 0 Å². The van der Waals surface area contributed by atoms with Crippen molar-refractivity contribution in [2.24, 2.45) is 0 Å². The van der Waals surface area contributed by atoms with Crippen LogP contribution in [0.3, 0.4) is 0 Å². The molecule has 0 heterocycles. The molecule has 0 aromatic heterocycles. The predicted octanol–water partition coefficient (Wildman–Crippen LogP) is 3.09. The quantitative estimate of drug-likeness (QED) is 0.702. The molecule has 0 fully saturated rings. The molecule has 0 aliphatic rings. The Balaban J connectivity index is 2.24. The molecule has 2 aromatic carbocycles. The minimum absolute atomic E-state index is 0.0378. The van der Waals surface area contributed by atoms with Crippen LogP contribution in [-0.4, -0.2) is 32.4 Å². The highest BCUT2D eigenvalue weighted by atomic mass is 32.2. The van der Waals surface area contributed by atoms with Crippen LogP contribution in [0.15, 0.2) is 47.4 Å². The molecular formula is C17H18O6S2. The summed E-state index contributed by atoms with van der Waals surface area (Å²) in [5, 5.41) is 8.68. The monoisotopic (exact) mass is 382 g/mol. The maximum atomic E-state index is 12.4. The fourth-order valence-corrected chi connectivity index (χ4v) is 3.63. The van der Waals surface area contributed by atoms with Gasteiger partial charge in [0.15, 0.2) is 11.5 Å². The van der Waals surface area contributed by atoms with Gasteiger partial charge in [0, 0.05) is 5.75 Å². The number of ether oxygens (including phenoxy) is 1. The van der Waals surface area contributed by atoms with Gasteiger partial charge in [0.25, 0.3) is 0 Å². The predicted molar refractivity (Wildman–Crippen MR) is 95.8 cm³/mol. The fraction of sp³-hybridized carbons (Fsp3) is 0.235. The summed E-state index contributed by atoms with van der Waals surface area (Å²) in [6.07, 6.45) is 0. The number of methoxy groups -OCH3 is 1. The molecule has 0 atom stereocenters. The van der Waals surface area contributed by atoms with E-state index in [0.29, 0.717) is 5.75 Å². The Bertz CT molecular complexity index is 844. The van der Waals surface area contributed by atoms with E-state index < -0.39 is 16.1 Å². The van der Waals surface area contributed by atoms with Crippen LogP contribution in [-0.2, 0) is 20.7 Å². The number of carbonyl (C=O) groups is 1. The SMILES string of the molecule is COc1ccc(CSCC(=O)O)cc1OS(=O)(=O)c1ccc(C)cc1. The first kappa shape index (κ1) is 19.1. The van der Waals surface area contributed by atoms with E-state index in [-0.39, 0.29) is 22.1 Å². The second-order valence-corrected chi connectivity index (χ2v) is 7.75. The van der Waals surface area contributed by atoms with Crippen molar-refractivity contribution in [3.05, 3.63) is 53.6 Å². The minimum Gasteiger partial charge on any atom is -0.493 e. The van der Waals surface area contributed by atoms with Crippen molar-refractivity contribution in [3.8, 4) is 11.5 Å². The number of aliphatic carboxylic acids is 1. The molecule has 8 heteroatoms. The third kappa shape index (κ3) is 5.40. The van der Waals surface area contributed by atoms with Gasteiger partial charge in [-0.25, -0.2) is 0 Å². The highest BCUT2D eigenvalue weighted by Gasteiger charge is 2.19. The standard InChI is InChI=1S/C17H18O6S2/c1-12-3-6-14(7-4-12)25(20,21)23-16-9-13(5-8-15(16)22-2)10-24-11-17(18)19/h3-9H,10-11H2,1-2H3,(H,18,19). The molecule has 0 bridgehead atoms. The first-order chi connectivity index (χ1) is 11.8. The van der Waals surface area contributed by atoms with Crippen LogP contribution in [0.4, 0.5) is 0 Å². The summed E-state index contributed by atoms with van der Waals surface area (Å²) in [5.74, 6) is -0.183. The Morgan fingerprint density at radius 1 is 1.12 bits per heavy atom. The summed E-state index contributed by atoms with van der Waals surface area (Å²) in [4.78, 5) is 10.6. The smallest absolute Gasteiger partial charge is 0.339 e. The lowest BCUT2D eigenvalue weighted by Crippen LogP contribution is -2.10. The van der Waals surface area contributed by atoms with Crippen molar-refractivity contribution >= 4 is 27.8 Å². The Morgan fingerprint density at radius 3 is 2.40 bits per heavy atom. The number of rotatable bonds is 8. The lowest BCUT2D eigenvalue weighted by molar-refractivity contribution is -0.133. The molecule has 0 amide bonds. The van der Waals surface area contributed by atoms with Gasteiger partial charge in [0.2, 0.25) is 0 Å². The van der Waals surface area contributed by atoms with Crippen molar-refractivity contribution in [3.63, 3.8) is 0 Å². The maximum Gasteiger partial charge on any atom is 0.339 e. The van der Waals surface area contributed by atoms with Gasteiger partial charge in [-0.3, -0.25) is 4.79 Å². The van der Waals surface area contributed by atoms with E-state index in [0.717, 1.165) is 11.1 Å². The highest BCUT2D eigenvalue weighted by Crippen LogP contribution is 2.32. The van der Waals surface area contributed by atoms with E-state index in [1.54, 1.807) is 30.3 Å². The largest absolute Gasteiger partial charge is 0.493 e. The number of aryl methyl sites for hydroxylation is 1. The molecule has 25 heavy (non-hydrogen) atoms. The average molecular weight is 382 g/mol. The molecule has 1 N–H and O–H groups in total. The van der Waals surface area contributed by atoms with Crippen molar-refractivity contribution in [2.75, 3.05) is 12.9 Å². The lowest BCUT2D eigenvalue weighted by atomic mass is 10.2. The summed E-state index contributed by atoms with van der Waals surface area (Å²) in [6, 6.07) is 11.2. The average Bonchev–Trinajstić information content (AvgIpc) is 2.55. The number of hydrogen-bond donors (Lipinski definition) is 1. The second kappa shape index (κ2) is 8.26. The van der Waals surface area contributed by atoms with Crippen LogP contribution >= 0.6 is 11.8 Å². The number of carboxylic acid groups (broad SMARTS) is 1. The van der Waals surface area contributed by atoms with Crippen molar-refractivity contribution in [1.82, 2.24) is 0 Å². The minimum atomic E-state index is -3.99. The van der Waals surface area contributed by atoms with Gasteiger partial charge < -0.3 is 14.0 Å². The van der Waals surface area contributed by atoms with Crippen LogP contribution < -0.4 is 8.92 Å².